The lowest BCUT2D eigenvalue weighted by atomic mass is 10.0. The van der Waals surface area contributed by atoms with Gasteiger partial charge < -0.3 is 0 Å². The van der Waals surface area contributed by atoms with E-state index in [0.717, 1.165) is 22.0 Å². The highest BCUT2D eigenvalue weighted by molar-refractivity contribution is 9.10. The van der Waals surface area contributed by atoms with Gasteiger partial charge in [0.1, 0.15) is 0 Å². The minimum absolute atomic E-state index is 0.0586. The Labute approximate surface area is 129 Å². The summed E-state index contributed by atoms with van der Waals surface area (Å²) in [6.45, 7) is 0. The second kappa shape index (κ2) is 6.01. The van der Waals surface area contributed by atoms with Crippen molar-refractivity contribution in [3.05, 3.63) is 63.6 Å². The second-order valence-electron chi connectivity index (χ2n) is 4.63. The number of nitrogens with zero attached hydrogens (tertiary/aromatic N) is 1. The van der Waals surface area contributed by atoms with E-state index >= 15 is 0 Å². The maximum absolute atomic E-state index is 5.72. The first kappa shape index (κ1) is 13.7. The molecule has 0 aliphatic heterocycles. The van der Waals surface area contributed by atoms with Gasteiger partial charge in [0, 0.05) is 10.7 Å². The first-order valence-electron chi connectivity index (χ1n) is 6.30. The molecular weight excluding hydrogens is 334 g/mol. The van der Waals surface area contributed by atoms with E-state index in [0.29, 0.717) is 0 Å². The van der Waals surface area contributed by atoms with Crippen LogP contribution in [0.2, 0.25) is 0 Å². The molecule has 0 aliphatic carbocycles. The number of nitrogens with two attached hydrogens (primary N) is 1. The average molecular weight is 348 g/mol. The number of halogens is 1. The average Bonchev–Trinajstić information content (AvgIpc) is 2.92. The number of fused-ring (bicyclic) bond motifs is 1. The fourth-order valence-electron chi connectivity index (χ4n) is 2.22. The Balaban J connectivity index is 1.88. The molecule has 20 heavy (non-hydrogen) atoms. The summed E-state index contributed by atoms with van der Waals surface area (Å²) in [7, 11) is 0. The molecule has 0 amide bonds. The van der Waals surface area contributed by atoms with E-state index in [4.69, 9.17) is 5.84 Å². The second-order valence-corrected chi connectivity index (χ2v) is 6.49. The molecule has 0 fully saturated rings. The molecular formula is C15H14BrN3S. The third-order valence-corrected chi connectivity index (χ3v) is 4.60. The van der Waals surface area contributed by atoms with Gasteiger partial charge in [0.15, 0.2) is 0 Å². The van der Waals surface area contributed by atoms with E-state index in [1.165, 1.54) is 10.3 Å². The predicted molar refractivity (Wildman–Crippen MR) is 87.5 cm³/mol. The highest BCUT2D eigenvalue weighted by atomic mass is 79.9. The topological polar surface area (TPSA) is 50.9 Å². The van der Waals surface area contributed by atoms with Crippen LogP contribution in [0.15, 0.2) is 52.4 Å². The molecule has 0 bridgehead atoms. The molecule has 1 aromatic carbocycles. The Morgan fingerprint density at radius 1 is 1.30 bits per heavy atom. The zero-order valence-electron chi connectivity index (χ0n) is 10.7. The molecule has 2 heterocycles. The Bertz CT molecular complexity index is 726. The molecule has 0 aliphatic rings. The molecule has 0 spiro atoms. The van der Waals surface area contributed by atoms with Gasteiger partial charge in [-0.3, -0.25) is 16.3 Å². The Hall–Kier alpha value is -1.27. The van der Waals surface area contributed by atoms with Gasteiger partial charge in [-0.2, -0.15) is 0 Å². The van der Waals surface area contributed by atoms with Crippen molar-refractivity contribution in [2.45, 2.75) is 12.5 Å². The van der Waals surface area contributed by atoms with Crippen LogP contribution in [0, 0.1) is 0 Å². The highest BCUT2D eigenvalue weighted by Crippen LogP contribution is 2.25. The van der Waals surface area contributed by atoms with Crippen molar-refractivity contribution >= 4 is 37.5 Å². The molecule has 102 valence electrons. The summed E-state index contributed by atoms with van der Waals surface area (Å²) >= 11 is 5.19. The number of rotatable bonds is 4. The van der Waals surface area contributed by atoms with Gasteiger partial charge in [-0.15, -0.1) is 11.3 Å². The molecule has 0 radical (unpaired) electrons. The van der Waals surface area contributed by atoms with Gasteiger partial charge in [-0.05, 0) is 47.2 Å². The van der Waals surface area contributed by atoms with Gasteiger partial charge in [0.2, 0.25) is 0 Å². The van der Waals surface area contributed by atoms with Gasteiger partial charge in [0.25, 0.3) is 0 Å². The molecule has 3 nitrogen and oxygen atoms in total. The zero-order chi connectivity index (χ0) is 13.9. The van der Waals surface area contributed by atoms with Crippen LogP contribution in [0.3, 0.4) is 0 Å². The van der Waals surface area contributed by atoms with Crippen LogP contribution in [0.5, 0.6) is 0 Å². The quantitative estimate of drug-likeness (QED) is 0.557. The fraction of sp³-hybridized carbons (Fsp3) is 0.133. The van der Waals surface area contributed by atoms with Crippen molar-refractivity contribution in [2.24, 2.45) is 5.84 Å². The Morgan fingerprint density at radius 3 is 3.00 bits per heavy atom. The lowest BCUT2D eigenvalue weighted by Crippen LogP contribution is -2.29. The van der Waals surface area contributed by atoms with Crippen LogP contribution < -0.4 is 11.3 Å². The van der Waals surface area contributed by atoms with Gasteiger partial charge >= 0.3 is 0 Å². The summed E-state index contributed by atoms with van der Waals surface area (Å²) in [5, 5.41) is 2.06. The summed E-state index contributed by atoms with van der Waals surface area (Å²) in [5.41, 5.74) is 6.27. The summed E-state index contributed by atoms with van der Waals surface area (Å²) in [6.07, 6.45) is 2.73. The van der Waals surface area contributed by atoms with Gasteiger partial charge in [-0.1, -0.05) is 28.1 Å². The highest BCUT2D eigenvalue weighted by Gasteiger charge is 2.12. The van der Waals surface area contributed by atoms with E-state index in [2.05, 4.69) is 49.9 Å². The molecule has 0 saturated carbocycles. The van der Waals surface area contributed by atoms with E-state index < -0.39 is 0 Å². The molecule has 5 heteroatoms. The number of benzene rings is 1. The van der Waals surface area contributed by atoms with Crippen LogP contribution in [0.4, 0.5) is 0 Å². The predicted octanol–water partition coefficient (Wildman–Crippen LogP) is 3.81. The van der Waals surface area contributed by atoms with Gasteiger partial charge in [-0.25, -0.2) is 0 Å². The SMILES string of the molecule is NNC(Cc1cccc(Br)c1)c1cnc2ccsc2c1. The fourth-order valence-corrected chi connectivity index (χ4v) is 3.46. The number of pyridine rings is 1. The van der Waals surface area contributed by atoms with Crippen molar-refractivity contribution in [3.63, 3.8) is 0 Å². The minimum Gasteiger partial charge on any atom is -0.271 e. The molecule has 3 rings (SSSR count). The van der Waals surface area contributed by atoms with Crippen LogP contribution in [0.25, 0.3) is 10.2 Å². The van der Waals surface area contributed by atoms with Crippen molar-refractivity contribution in [1.29, 1.82) is 0 Å². The number of hydrogen-bond donors (Lipinski definition) is 2. The van der Waals surface area contributed by atoms with Crippen molar-refractivity contribution in [1.82, 2.24) is 10.4 Å². The van der Waals surface area contributed by atoms with E-state index in [9.17, 15) is 0 Å². The van der Waals surface area contributed by atoms with Crippen LogP contribution in [0.1, 0.15) is 17.2 Å². The maximum Gasteiger partial charge on any atom is 0.0809 e. The van der Waals surface area contributed by atoms with Crippen molar-refractivity contribution in [3.8, 4) is 0 Å². The monoisotopic (exact) mass is 347 g/mol. The first-order chi connectivity index (χ1) is 9.76. The number of aromatic nitrogens is 1. The van der Waals surface area contributed by atoms with Crippen LogP contribution in [-0.2, 0) is 6.42 Å². The molecule has 1 unspecified atom stereocenters. The molecule has 3 N–H and O–H groups in total. The largest absolute Gasteiger partial charge is 0.271 e. The number of nitrogens with one attached hydrogen (secondary N) is 1. The van der Waals surface area contributed by atoms with Crippen LogP contribution in [-0.4, -0.2) is 4.98 Å². The van der Waals surface area contributed by atoms with E-state index in [1.807, 2.05) is 24.4 Å². The summed E-state index contributed by atoms with van der Waals surface area (Å²) in [5.74, 6) is 5.72. The lowest BCUT2D eigenvalue weighted by Gasteiger charge is -2.16. The Morgan fingerprint density at radius 2 is 2.20 bits per heavy atom. The third kappa shape index (κ3) is 2.91. The minimum atomic E-state index is 0.0586. The first-order valence-corrected chi connectivity index (χ1v) is 7.97. The molecule has 3 aromatic rings. The standard InChI is InChI=1S/C15H14BrN3S/c16-12-3-1-2-10(6-12)7-14(19-17)11-8-15-13(18-9-11)4-5-20-15/h1-6,8-9,14,19H,7,17H2. The molecule has 0 saturated heterocycles. The summed E-state index contributed by atoms with van der Waals surface area (Å²) in [4.78, 5) is 4.47. The smallest absolute Gasteiger partial charge is 0.0809 e. The Kier molecular flexibility index (Phi) is 4.12. The van der Waals surface area contributed by atoms with Crippen LogP contribution >= 0.6 is 27.3 Å². The van der Waals surface area contributed by atoms with Crippen molar-refractivity contribution < 1.29 is 0 Å². The molecule has 1 atom stereocenters. The normalized spacial score (nSPS) is 12.7. The van der Waals surface area contributed by atoms with Crippen molar-refractivity contribution in [2.75, 3.05) is 0 Å². The van der Waals surface area contributed by atoms with E-state index in [-0.39, 0.29) is 6.04 Å². The number of hydrogen-bond acceptors (Lipinski definition) is 4. The van der Waals surface area contributed by atoms with Gasteiger partial charge in [0.05, 0.1) is 16.3 Å². The number of thiophene rings is 1. The number of hydrazine groups is 1. The lowest BCUT2D eigenvalue weighted by molar-refractivity contribution is 0.551. The zero-order valence-corrected chi connectivity index (χ0v) is 13.1. The maximum atomic E-state index is 5.72. The molecule has 2 aromatic heterocycles. The summed E-state index contributed by atoms with van der Waals surface area (Å²) in [6, 6.07) is 12.5. The summed E-state index contributed by atoms with van der Waals surface area (Å²) < 4.78 is 2.27. The third-order valence-electron chi connectivity index (χ3n) is 3.26. The van der Waals surface area contributed by atoms with E-state index in [1.54, 1.807) is 11.3 Å².